The van der Waals surface area contributed by atoms with E-state index in [1.54, 1.807) is 0 Å². The molecule has 126 valence electrons. The summed E-state index contributed by atoms with van der Waals surface area (Å²) in [5.74, 6) is 0. The molecule has 2 aromatic rings. The first-order valence-corrected chi connectivity index (χ1v) is 8.04. The minimum absolute atomic E-state index is 0.112. The Morgan fingerprint density at radius 3 is 2.61 bits per heavy atom. The van der Waals surface area contributed by atoms with Crippen molar-refractivity contribution in [3.63, 3.8) is 0 Å². The predicted octanol–water partition coefficient (Wildman–Crippen LogP) is 2.47. The SMILES string of the molecule is Cc1ccc(CN(C)C)cc1NCc1c(C)nn(CCO)c1C. The first kappa shape index (κ1) is 17.5. The molecule has 1 heterocycles. The van der Waals surface area contributed by atoms with Gasteiger partial charge in [-0.2, -0.15) is 5.10 Å². The van der Waals surface area contributed by atoms with E-state index in [-0.39, 0.29) is 6.61 Å². The number of hydrogen-bond donors (Lipinski definition) is 2. The second-order valence-electron chi connectivity index (χ2n) is 6.34. The Balaban J connectivity index is 2.14. The molecule has 0 aliphatic carbocycles. The third kappa shape index (κ3) is 4.33. The van der Waals surface area contributed by atoms with E-state index < -0.39 is 0 Å². The fourth-order valence-electron chi connectivity index (χ4n) is 2.81. The van der Waals surface area contributed by atoms with E-state index in [1.807, 2.05) is 11.6 Å². The zero-order valence-electron chi connectivity index (χ0n) is 14.8. The van der Waals surface area contributed by atoms with Gasteiger partial charge >= 0.3 is 0 Å². The van der Waals surface area contributed by atoms with Crippen molar-refractivity contribution in [1.29, 1.82) is 0 Å². The molecule has 5 heteroatoms. The number of hydrogen-bond acceptors (Lipinski definition) is 4. The number of aliphatic hydroxyl groups excluding tert-OH is 1. The van der Waals surface area contributed by atoms with Crippen molar-refractivity contribution in [3.8, 4) is 0 Å². The molecule has 0 fully saturated rings. The summed E-state index contributed by atoms with van der Waals surface area (Å²) < 4.78 is 1.88. The maximum Gasteiger partial charge on any atom is 0.0646 e. The lowest BCUT2D eigenvalue weighted by atomic mass is 10.1. The molecular formula is C18H28N4O. The van der Waals surface area contributed by atoms with Gasteiger partial charge < -0.3 is 15.3 Å². The monoisotopic (exact) mass is 316 g/mol. The number of nitrogens with zero attached hydrogens (tertiary/aromatic N) is 3. The molecule has 23 heavy (non-hydrogen) atoms. The summed E-state index contributed by atoms with van der Waals surface area (Å²) in [6.07, 6.45) is 0. The lowest BCUT2D eigenvalue weighted by Crippen LogP contribution is -2.11. The van der Waals surface area contributed by atoms with Crippen molar-refractivity contribution in [2.45, 2.75) is 40.4 Å². The summed E-state index contributed by atoms with van der Waals surface area (Å²) >= 11 is 0. The molecule has 2 rings (SSSR count). The molecule has 0 atom stereocenters. The Labute approximate surface area is 138 Å². The first-order chi connectivity index (χ1) is 10.9. The van der Waals surface area contributed by atoms with Crippen LogP contribution in [0.15, 0.2) is 18.2 Å². The summed E-state index contributed by atoms with van der Waals surface area (Å²) in [4.78, 5) is 2.17. The Morgan fingerprint density at radius 1 is 1.22 bits per heavy atom. The molecule has 1 aromatic carbocycles. The van der Waals surface area contributed by atoms with E-state index in [9.17, 15) is 0 Å². The average molecular weight is 316 g/mol. The van der Waals surface area contributed by atoms with Gasteiger partial charge in [0.2, 0.25) is 0 Å². The summed E-state index contributed by atoms with van der Waals surface area (Å²) in [7, 11) is 4.16. The van der Waals surface area contributed by atoms with E-state index in [0.29, 0.717) is 6.54 Å². The molecule has 0 spiro atoms. The number of aryl methyl sites for hydroxylation is 2. The van der Waals surface area contributed by atoms with Gasteiger partial charge in [0.1, 0.15) is 0 Å². The van der Waals surface area contributed by atoms with E-state index in [4.69, 9.17) is 5.11 Å². The van der Waals surface area contributed by atoms with Crippen LogP contribution >= 0.6 is 0 Å². The zero-order valence-corrected chi connectivity index (χ0v) is 14.8. The van der Waals surface area contributed by atoms with Crippen molar-refractivity contribution in [1.82, 2.24) is 14.7 Å². The van der Waals surface area contributed by atoms with Crippen LogP contribution in [-0.4, -0.2) is 40.5 Å². The second kappa shape index (κ2) is 7.62. The molecule has 1 aromatic heterocycles. The van der Waals surface area contributed by atoms with Crippen LogP contribution in [0.1, 0.15) is 28.1 Å². The molecule has 5 nitrogen and oxygen atoms in total. The molecule has 2 N–H and O–H groups in total. The van der Waals surface area contributed by atoms with Gasteiger partial charge in [0, 0.05) is 30.0 Å². The Hall–Kier alpha value is -1.85. The molecule has 0 amide bonds. The smallest absolute Gasteiger partial charge is 0.0646 e. The van der Waals surface area contributed by atoms with Crippen molar-refractivity contribution >= 4 is 5.69 Å². The molecule has 0 aliphatic heterocycles. The van der Waals surface area contributed by atoms with E-state index in [1.165, 1.54) is 16.7 Å². The van der Waals surface area contributed by atoms with E-state index >= 15 is 0 Å². The van der Waals surface area contributed by atoms with Gasteiger partial charge in [0.25, 0.3) is 0 Å². The lowest BCUT2D eigenvalue weighted by Gasteiger charge is -2.14. The molecular weight excluding hydrogens is 288 g/mol. The topological polar surface area (TPSA) is 53.3 Å². The number of nitrogens with one attached hydrogen (secondary N) is 1. The van der Waals surface area contributed by atoms with Crippen LogP contribution in [0.3, 0.4) is 0 Å². The van der Waals surface area contributed by atoms with Gasteiger partial charge in [0.15, 0.2) is 0 Å². The molecule has 0 bridgehead atoms. The van der Waals surface area contributed by atoms with Crippen LogP contribution < -0.4 is 5.32 Å². The van der Waals surface area contributed by atoms with Gasteiger partial charge in [-0.3, -0.25) is 4.68 Å². The molecule has 0 unspecified atom stereocenters. The van der Waals surface area contributed by atoms with Crippen molar-refractivity contribution in [3.05, 3.63) is 46.3 Å². The van der Waals surface area contributed by atoms with Crippen LogP contribution in [0, 0.1) is 20.8 Å². The fourth-order valence-corrected chi connectivity index (χ4v) is 2.81. The molecule has 0 aliphatic rings. The third-order valence-corrected chi connectivity index (χ3v) is 4.10. The molecule has 0 saturated heterocycles. The largest absolute Gasteiger partial charge is 0.394 e. The molecule has 0 saturated carbocycles. The Kier molecular flexibility index (Phi) is 5.80. The van der Waals surface area contributed by atoms with Crippen molar-refractivity contribution in [2.75, 3.05) is 26.0 Å². The second-order valence-corrected chi connectivity index (χ2v) is 6.34. The van der Waals surface area contributed by atoms with Crippen LogP contribution in [0.25, 0.3) is 0 Å². The standard InChI is InChI=1S/C18H28N4O/c1-13-6-7-16(12-21(4)5)10-18(13)19-11-17-14(2)20-22(8-9-23)15(17)3/h6-7,10,19,23H,8-9,11-12H2,1-5H3. The summed E-state index contributed by atoms with van der Waals surface area (Å²) in [5.41, 5.74) is 7.05. The van der Waals surface area contributed by atoms with E-state index in [0.717, 1.165) is 30.2 Å². The number of anilines is 1. The number of aromatic nitrogens is 2. The predicted molar refractivity (Wildman–Crippen MR) is 94.7 cm³/mol. The quantitative estimate of drug-likeness (QED) is 0.824. The summed E-state index contributed by atoms with van der Waals surface area (Å²) in [6, 6.07) is 6.56. The van der Waals surface area contributed by atoms with Gasteiger partial charge in [-0.25, -0.2) is 0 Å². The van der Waals surface area contributed by atoms with Gasteiger partial charge in [-0.05, 0) is 52.1 Å². The number of rotatable bonds is 7. The number of benzene rings is 1. The fraction of sp³-hybridized carbons (Fsp3) is 0.500. The zero-order chi connectivity index (χ0) is 17.0. The number of aliphatic hydroxyl groups is 1. The van der Waals surface area contributed by atoms with Gasteiger partial charge in [-0.15, -0.1) is 0 Å². The average Bonchev–Trinajstić information content (AvgIpc) is 2.74. The third-order valence-electron chi connectivity index (χ3n) is 4.10. The summed E-state index contributed by atoms with van der Waals surface area (Å²) in [5, 5.41) is 17.2. The van der Waals surface area contributed by atoms with Crippen LogP contribution in [0.5, 0.6) is 0 Å². The summed E-state index contributed by atoms with van der Waals surface area (Å²) in [6.45, 7) is 8.53. The van der Waals surface area contributed by atoms with Gasteiger partial charge in [-0.1, -0.05) is 12.1 Å². The highest BCUT2D eigenvalue weighted by Crippen LogP contribution is 2.20. The minimum atomic E-state index is 0.112. The van der Waals surface area contributed by atoms with E-state index in [2.05, 4.69) is 61.5 Å². The maximum atomic E-state index is 9.11. The first-order valence-electron chi connectivity index (χ1n) is 8.04. The lowest BCUT2D eigenvalue weighted by molar-refractivity contribution is 0.268. The van der Waals surface area contributed by atoms with Crippen LogP contribution in [0.2, 0.25) is 0 Å². The molecule has 0 radical (unpaired) electrons. The normalized spacial score (nSPS) is 11.3. The van der Waals surface area contributed by atoms with Gasteiger partial charge in [0.05, 0.1) is 18.8 Å². The van der Waals surface area contributed by atoms with Crippen molar-refractivity contribution < 1.29 is 5.11 Å². The Morgan fingerprint density at radius 2 is 1.96 bits per heavy atom. The maximum absolute atomic E-state index is 9.11. The van der Waals surface area contributed by atoms with Crippen LogP contribution in [0.4, 0.5) is 5.69 Å². The minimum Gasteiger partial charge on any atom is -0.394 e. The highest BCUT2D eigenvalue weighted by Gasteiger charge is 2.11. The highest BCUT2D eigenvalue weighted by molar-refractivity contribution is 5.53. The van der Waals surface area contributed by atoms with Crippen LogP contribution in [-0.2, 0) is 19.6 Å². The Bertz CT molecular complexity index is 661. The highest BCUT2D eigenvalue weighted by atomic mass is 16.3. The van der Waals surface area contributed by atoms with Crippen molar-refractivity contribution in [2.24, 2.45) is 0 Å².